The molecule has 2 saturated heterocycles. The fraction of sp³-hybridized carbons (Fsp3) is 0.333. The number of carbonyl (C=O) groups is 1. The van der Waals surface area contributed by atoms with Crippen LogP contribution < -0.4 is 10.1 Å². The first-order chi connectivity index (χ1) is 24.6. The number of piperidine rings is 1. The number of carbonyl (C=O) groups excluding carboxylic acids is 1. The van der Waals surface area contributed by atoms with Gasteiger partial charge in [0.15, 0.2) is 5.69 Å². The molecule has 278 valence electrons. The highest BCUT2D eigenvalue weighted by Gasteiger charge is 2.33. The summed E-state index contributed by atoms with van der Waals surface area (Å²) in [6.07, 6.45) is -1.67. The van der Waals surface area contributed by atoms with Crippen LogP contribution in [-0.2, 0) is 22.9 Å². The van der Waals surface area contributed by atoms with Gasteiger partial charge in [-0.15, -0.1) is 11.3 Å². The summed E-state index contributed by atoms with van der Waals surface area (Å²) in [5.41, 5.74) is 3.35. The smallest absolute Gasteiger partial charge is 0.299 e. The van der Waals surface area contributed by atoms with Crippen LogP contribution >= 0.6 is 45.1 Å². The first-order valence-corrected chi connectivity index (χ1v) is 20.9. The quantitative estimate of drug-likeness (QED) is 0.143. The number of aromatic nitrogens is 2. The van der Waals surface area contributed by atoms with E-state index in [0.717, 1.165) is 35.7 Å². The zero-order valence-electron chi connectivity index (χ0n) is 27.3. The van der Waals surface area contributed by atoms with Crippen molar-refractivity contribution >= 4 is 61.2 Å². The lowest BCUT2D eigenvalue weighted by atomic mass is 10.1. The molecule has 2 aliphatic heterocycles. The Kier molecular flexibility index (Phi) is 11.6. The predicted octanol–water partition coefficient (Wildman–Crippen LogP) is 6.86. The Labute approximate surface area is 314 Å². The number of amides is 1. The Bertz CT molecular complexity index is 2120. The van der Waals surface area contributed by atoms with Gasteiger partial charge in [0.05, 0.1) is 43.2 Å². The third-order valence-electron chi connectivity index (χ3n) is 8.44. The Balaban J connectivity index is 1.42. The third kappa shape index (κ3) is 9.13. The molecule has 6 rings (SSSR count). The fourth-order valence-electron chi connectivity index (χ4n) is 5.70. The maximum atomic E-state index is 13.9. The molecule has 0 saturated carbocycles. The highest BCUT2D eigenvalue weighted by atomic mass is 35.5. The van der Waals surface area contributed by atoms with Gasteiger partial charge in [-0.25, -0.2) is 9.69 Å². The van der Waals surface area contributed by atoms with Crippen molar-refractivity contribution in [3.63, 3.8) is 0 Å². The van der Waals surface area contributed by atoms with Crippen molar-refractivity contribution in [3.8, 4) is 28.1 Å². The minimum absolute atomic E-state index is 0.0621. The van der Waals surface area contributed by atoms with Crippen LogP contribution in [0.15, 0.2) is 54.6 Å². The second-order valence-corrected chi connectivity index (χ2v) is 18.2. The van der Waals surface area contributed by atoms with Crippen molar-refractivity contribution < 1.29 is 35.5 Å². The second-order valence-electron chi connectivity index (χ2n) is 12.1. The molecular weight excluding hydrogens is 785 g/mol. The molecule has 4 aromatic rings. The molecule has 2 aliphatic rings. The Hall–Kier alpha value is -3.15. The molecule has 0 bridgehead atoms. The number of hydrogen-bond donors (Lipinski definition) is 4. The van der Waals surface area contributed by atoms with Crippen LogP contribution in [0.1, 0.15) is 51.3 Å². The van der Waals surface area contributed by atoms with Crippen molar-refractivity contribution in [1.29, 1.82) is 0 Å². The van der Waals surface area contributed by atoms with E-state index < -0.39 is 38.4 Å². The van der Waals surface area contributed by atoms with Crippen LogP contribution in [0, 0.1) is 11.8 Å². The van der Waals surface area contributed by atoms with Gasteiger partial charge in [0, 0.05) is 48.9 Å². The molecule has 2 aromatic heterocycles. The number of hydrazine groups is 1. The molecule has 11 nitrogen and oxygen atoms in total. The summed E-state index contributed by atoms with van der Waals surface area (Å²) in [4.78, 5) is 15.0. The fourth-order valence-corrected chi connectivity index (χ4v) is 9.74. The van der Waals surface area contributed by atoms with Gasteiger partial charge in [0.1, 0.15) is 0 Å². The lowest BCUT2D eigenvalue weighted by Gasteiger charge is -2.40. The van der Waals surface area contributed by atoms with Crippen LogP contribution in [0.5, 0.6) is 0 Å². The molecule has 19 heteroatoms. The number of alkyl halides is 3. The largest absolute Gasteiger partial charge is 0.416 e. The molecule has 0 atom stereocenters. The summed E-state index contributed by atoms with van der Waals surface area (Å²) in [6.45, 7) is 0.689. The first kappa shape index (κ1) is 38.6. The molecule has 2 fully saturated rings. The van der Waals surface area contributed by atoms with E-state index in [2.05, 4.69) is 22.0 Å². The van der Waals surface area contributed by atoms with E-state index in [-0.39, 0.29) is 47.4 Å². The topological polar surface area (TPSA) is 140 Å². The molecular formula is C33H33Cl2F3N6O5S3. The standard InChI is InChI=1S/C33H33Cl2F3N6O5S3/c34-24-9-12-28(27(35)20-24)44-31(29-13-11-25(50-29)10-6-22-4-7-23(8-5-22)33(36,37)38)26(30(40-44)32(45)41-42-14-2-1-3-15-42)21-39-52(48,49)43-16-18-51(46,47)19-17-43/h4-5,7-9,11-13,20,39,46-47H,1-3,14-19,21H2,(H,41,45). The minimum Gasteiger partial charge on any atom is -0.299 e. The predicted molar refractivity (Wildman–Crippen MR) is 197 cm³/mol. The summed E-state index contributed by atoms with van der Waals surface area (Å²) in [6, 6.07) is 12.6. The van der Waals surface area contributed by atoms with Crippen molar-refractivity contribution in [2.75, 3.05) is 37.7 Å². The zero-order valence-corrected chi connectivity index (χ0v) is 31.3. The number of nitrogens with zero attached hydrogens (tertiary/aromatic N) is 4. The third-order valence-corrected chi connectivity index (χ3v) is 13.2. The normalized spacial score (nSPS) is 17.7. The van der Waals surface area contributed by atoms with E-state index in [9.17, 15) is 35.5 Å². The first-order valence-electron chi connectivity index (χ1n) is 16.0. The monoisotopic (exact) mass is 816 g/mol. The van der Waals surface area contributed by atoms with Gasteiger partial charge in [-0.1, -0.05) is 41.5 Å². The summed E-state index contributed by atoms with van der Waals surface area (Å²) in [5, 5.41) is 7.05. The highest BCUT2D eigenvalue weighted by Crippen LogP contribution is 2.41. The van der Waals surface area contributed by atoms with E-state index in [0.29, 0.717) is 44.8 Å². The maximum absolute atomic E-state index is 13.9. The minimum atomic E-state index is -4.47. The van der Waals surface area contributed by atoms with Gasteiger partial charge in [-0.3, -0.25) is 19.3 Å². The van der Waals surface area contributed by atoms with Crippen molar-refractivity contribution in [1.82, 2.24) is 29.2 Å². The van der Waals surface area contributed by atoms with Crippen molar-refractivity contribution in [3.05, 3.63) is 91.9 Å². The van der Waals surface area contributed by atoms with E-state index in [1.807, 2.05) is 0 Å². The van der Waals surface area contributed by atoms with E-state index in [1.54, 1.807) is 29.3 Å². The lowest BCUT2D eigenvalue weighted by molar-refractivity contribution is -0.137. The molecule has 4 heterocycles. The number of nitrogens with one attached hydrogen (secondary N) is 2. The summed E-state index contributed by atoms with van der Waals surface area (Å²) in [5.74, 6) is 5.08. The Morgan fingerprint density at radius 1 is 0.962 bits per heavy atom. The average molecular weight is 818 g/mol. The Morgan fingerprint density at radius 2 is 1.65 bits per heavy atom. The molecule has 0 spiro atoms. The molecule has 0 radical (unpaired) electrons. The summed E-state index contributed by atoms with van der Waals surface area (Å²) >= 11 is 14.1. The second kappa shape index (κ2) is 15.7. The van der Waals surface area contributed by atoms with Crippen molar-refractivity contribution in [2.24, 2.45) is 0 Å². The van der Waals surface area contributed by atoms with Gasteiger partial charge in [-0.2, -0.15) is 46.3 Å². The highest BCUT2D eigenvalue weighted by molar-refractivity contribution is 8.24. The average Bonchev–Trinajstić information content (AvgIpc) is 3.71. The van der Waals surface area contributed by atoms with E-state index in [1.165, 1.54) is 34.2 Å². The molecule has 4 N–H and O–H groups in total. The van der Waals surface area contributed by atoms with Crippen LogP contribution in [0.4, 0.5) is 13.2 Å². The number of thiophene rings is 1. The van der Waals surface area contributed by atoms with Gasteiger partial charge in [-0.05, 0) is 67.4 Å². The summed E-state index contributed by atoms with van der Waals surface area (Å²) < 4.78 is 91.3. The van der Waals surface area contributed by atoms with Gasteiger partial charge in [0.25, 0.3) is 16.1 Å². The maximum Gasteiger partial charge on any atom is 0.416 e. The van der Waals surface area contributed by atoms with Crippen LogP contribution in [-0.4, -0.2) is 80.2 Å². The molecule has 0 unspecified atom stereocenters. The van der Waals surface area contributed by atoms with Crippen LogP contribution in [0.25, 0.3) is 16.3 Å². The molecule has 1 amide bonds. The number of rotatable bonds is 8. The zero-order chi connectivity index (χ0) is 37.3. The van der Waals surface area contributed by atoms with Gasteiger partial charge >= 0.3 is 6.18 Å². The van der Waals surface area contributed by atoms with Gasteiger partial charge in [0.2, 0.25) is 0 Å². The molecule has 52 heavy (non-hydrogen) atoms. The van der Waals surface area contributed by atoms with E-state index >= 15 is 0 Å². The Morgan fingerprint density at radius 3 is 2.31 bits per heavy atom. The molecule has 2 aromatic carbocycles. The molecule has 0 aliphatic carbocycles. The summed E-state index contributed by atoms with van der Waals surface area (Å²) in [7, 11) is -7.02. The van der Waals surface area contributed by atoms with E-state index in [4.69, 9.17) is 28.3 Å². The van der Waals surface area contributed by atoms with Crippen LogP contribution in [0.3, 0.4) is 0 Å². The van der Waals surface area contributed by atoms with Gasteiger partial charge < -0.3 is 0 Å². The van der Waals surface area contributed by atoms with Crippen LogP contribution in [0.2, 0.25) is 10.0 Å². The number of hydrogen-bond acceptors (Lipinski definition) is 8. The number of benzene rings is 2. The number of halogens is 5. The SMILES string of the molecule is O=C(NN1CCCCC1)c1nn(-c2ccc(Cl)cc2Cl)c(-c2ccc(C#Cc3ccc(C(F)(F)F)cc3)s2)c1CNS(=O)(=O)N1CCS(O)(O)CC1. The lowest BCUT2D eigenvalue weighted by Crippen LogP contribution is -2.47. The van der Waals surface area contributed by atoms with Crippen molar-refractivity contribution in [2.45, 2.75) is 32.0 Å².